The molecular weight excluding hydrogens is 382 g/mol. The van der Waals surface area contributed by atoms with Crippen molar-refractivity contribution in [2.75, 3.05) is 0 Å². The number of ketones is 1. The number of aromatic nitrogens is 3. The minimum atomic E-state index is -0.0391. The Morgan fingerprint density at radius 2 is 1.79 bits per heavy atom. The van der Waals surface area contributed by atoms with Crippen molar-refractivity contribution in [2.45, 2.75) is 56.5 Å². The van der Waals surface area contributed by atoms with Crippen molar-refractivity contribution in [1.82, 2.24) is 14.8 Å². The van der Waals surface area contributed by atoms with Crippen molar-refractivity contribution < 1.29 is 9.53 Å². The standard InChI is InChI=1S/C23H25N3O2S/c1-16-9-8-10-17(2)22(16)28-15-21-24-25-23(26(21)18-11-4-3-5-12-18)29-20-14-7-6-13-19(20)27/h3-5,8-12,20H,6-7,13-15H2,1-2H3/t20-/m0/s1. The molecule has 4 rings (SSSR count). The number of thioether (sulfide) groups is 1. The average Bonchev–Trinajstić information content (AvgIpc) is 3.12. The summed E-state index contributed by atoms with van der Waals surface area (Å²) in [5.74, 6) is 1.92. The summed E-state index contributed by atoms with van der Waals surface area (Å²) in [5, 5.41) is 9.54. The maximum atomic E-state index is 12.3. The zero-order chi connectivity index (χ0) is 20.2. The molecule has 1 aromatic heterocycles. The van der Waals surface area contributed by atoms with Gasteiger partial charge in [-0.05, 0) is 49.9 Å². The predicted octanol–water partition coefficient (Wildman–Crippen LogP) is 5.07. The van der Waals surface area contributed by atoms with Crippen LogP contribution in [0, 0.1) is 13.8 Å². The maximum absolute atomic E-state index is 12.3. The molecule has 1 heterocycles. The van der Waals surface area contributed by atoms with Crippen molar-refractivity contribution in [3.63, 3.8) is 0 Å². The molecule has 0 bridgehead atoms. The van der Waals surface area contributed by atoms with E-state index in [1.54, 1.807) is 0 Å². The van der Waals surface area contributed by atoms with Crippen molar-refractivity contribution >= 4 is 17.5 Å². The number of hydrogen-bond donors (Lipinski definition) is 0. The van der Waals surface area contributed by atoms with Crippen LogP contribution in [0.15, 0.2) is 53.7 Å². The van der Waals surface area contributed by atoms with Crippen LogP contribution in [0.1, 0.15) is 42.6 Å². The Bertz CT molecular complexity index is 980. The van der Waals surface area contributed by atoms with Gasteiger partial charge in [0, 0.05) is 12.1 Å². The number of benzene rings is 2. The van der Waals surface area contributed by atoms with E-state index in [0.29, 0.717) is 18.8 Å². The zero-order valence-electron chi connectivity index (χ0n) is 16.8. The maximum Gasteiger partial charge on any atom is 0.196 e. The molecule has 0 amide bonds. The first kappa shape index (κ1) is 19.7. The van der Waals surface area contributed by atoms with Gasteiger partial charge in [0.1, 0.15) is 18.1 Å². The lowest BCUT2D eigenvalue weighted by Crippen LogP contribution is -2.22. The normalized spacial score (nSPS) is 16.8. The fraction of sp³-hybridized carbons (Fsp3) is 0.348. The molecule has 0 N–H and O–H groups in total. The molecule has 5 nitrogen and oxygen atoms in total. The molecule has 1 fully saturated rings. The van der Waals surface area contributed by atoms with E-state index in [-0.39, 0.29) is 5.25 Å². The van der Waals surface area contributed by atoms with E-state index >= 15 is 0 Å². The smallest absolute Gasteiger partial charge is 0.196 e. The fourth-order valence-corrected chi connectivity index (χ4v) is 4.87. The highest BCUT2D eigenvalue weighted by atomic mass is 32.2. The summed E-state index contributed by atoms with van der Waals surface area (Å²) in [4.78, 5) is 12.3. The Morgan fingerprint density at radius 1 is 1.03 bits per heavy atom. The van der Waals surface area contributed by atoms with Crippen molar-refractivity contribution in [2.24, 2.45) is 0 Å². The van der Waals surface area contributed by atoms with Crippen molar-refractivity contribution in [1.29, 1.82) is 0 Å². The molecule has 1 aliphatic rings. The Labute approximate surface area is 175 Å². The molecule has 3 aromatic rings. The lowest BCUT2D eigenvalue weighted by molar-refractivity contribution is -0.119. The first-order chi connectivity index (χ1) is 14.1. The Hall–Kier alpha value is -2.60. The second kappa shape index (κ2) is 8.82. The van der Waals surface area contributed by atoms with Gasteiger partial charge < -0.3 is 4.74 Å². The van der Waals surface area contributed by atoms with Gasteiger partial charge in [0.2, 0.25) is 0 Å². The second-order valence-corrected chi connectivity index (χ2v) is 8.57. The molecule has 6 heteroatoms. The minimum Gasteiger partial charge on any atom is -0.485 e. The Morgan fingerprint density at radius 3 is 2.52 bits per heavy atom. The number of para-hydroxylation sites is 2. The highest BCUT2D eigenvalue weighted by molar-refractivity contribution is 8.00. The van der Waals surface area contributed by atoms with Crippen LogP contribution in [0.3, 0.4) is 0 Å². The third kappa shape index (κ3) is 4.37. The van der Waals surface area contributed by atoms with Gasteiger partial charge in [-0.3, -0.25) is 9.36 Å². The third-order valence-corrected chi connectivity index (χ3v) is 6.47. The number of aryl methyl sites for hydroxylation is 2. The van der Waals surface area contributed by atoms with E-state index < -0.39 is 0 Å². The minimum absolute atomic E-state index is 0.0391. The summed E-state index contributed by atoms with van der Waals surface area (Å²) < 4.78 is 8.15. The largest absolute Gasteiger partial charge is 0.485 e. The number of hydrogen-bond acceptors (Lipinski definition) is 5. The van der Waals surface area contributed by atoms with E-state index in [1.807, 2.05) is 66.9 Å². The predicted molar refractivity (Wildman–Crippen MR) is 115 cm³/mol. The lowest BCUT2D eigenvalue weighted by Gasteiger charge is -2.20. The van der Waals surface area contributed by atoms with Crippen LogP contribution in [0.4, 0.5) is 0 Å². The number of carbonyl (C=O) groups is 1. The SMILES string of the molecule is Cc1cccc(C)c1OCc1nnc(S[C@H]2CCCCC2=O)n1-c1ccccc1. The van der Waals surface area contributed by atoms with Gasteiger partial charge in [-0.1, -0.05) is 54.6 Å². The first-order valence-electron chi connectivity index (χ1n) is 10.0. The lowest BCUT2D eigenvalue weighted by atomic mass is 9.99. The van der Waals surface area contributed by atoms with Crippen LogP contribution in [-0.2, 0) is 11.4 Å². The summed E-state index contributed by atoms with van der Waals surface area (Å²) in [6.45, 7) is 4.40. The van der Waals surface area contributed by atoms with E-state index in [4.69, 9.17) is 4.74 Å². The highest BCUT2D eigenvalue weighted by Gasteiger charge is 2.26. The van der Waals surface area contributed by atoms with Crippen LogP contribution in [0.2, 0.25) is 0 Å². The van der Waals surface area contributed by atoms with E-state index in [1.165, 1.54) is 11.8 Å². The molecule has 0 radical (unpaired) electrons. The van der Waals surface area contributed by atoms with Gasteiger partial charge in [0.25, 0.3) is 0 Å². The van der Waals surface area contributed by atoms with Crippen LogP contribution < -0.4 is 4.74 Å². The van der Waals surface area contributed by atoms with Gasteiger partial charge in [-0.2, -0.15) is 0 Å². The summed E-state index contributed by atoms with van der Waals surface area (Å²) >= 11 is 1.53. The molecular formula is C23H25N3O2S. The summed E-state index contributed by atoms with van der Waals surface area (Å²) in [6.07, 6.45) is 3.65. The molecule has 1 aliphatic carbocycles. The van der Waals surface area contributed by atoms with Crippen LogP contribution in [0.25, 0.3) is 5.69 Å². The van der Waals surface area contributed by atoms with Crippen molar-refractivity contribution in [3.8, 4) is 11.4 Å². The van der Waals surface area contributed by atoms with E-state index in [9.17, 15) is 4.79 Å². The quantitative estimate of drug-likeness (QED) is 0.571. The molecule has 0 spiro atoms. The molecule has 0 unspecified atom stereocenters. The number of ether oxygens (including phenoxy) is 1. The summed E-state index contributed by atoms with van der Waals surface area (Å²) in [7, 11) is 0. The van der Waals surface area contributed by atoms with Crippen LogP contribution >= 0.6 is 11.8 Å². The summed E-state index contributed by atoms with van der Waals surface area (Å²) in [5.41, 5.74) is 3.17. The average molecular weight is 408 g/mol. The highest BCUT2D eigenvalue weighted by Crippen LogP contribution is 2.33. The molecule has 0 saturated heterocycles. The monoisotopic (exact) mass is 407 g/mol. The zero-order valence-corrected chi connectivity index (χ0v) is 17.6. The first-order valence-corrected chi connectivity index (χ1v) is 10.9. The number of Topliss-reactive ketones (excluding diaryl/α,β-unsaturated/α-hetero) is 1. The van der Waals surface area contributed by atoms with Crippen LogP contribution in [0.5, 0.6) is 5.75 Å². The van der Waals surface area contributed by atoms with Gasteiger partial charge in [0.05, 0.1) is 5.25 Å². The van der Waals surface area contributed by atoms with Crippen LogP contribution in [-0.4, -0.2) is 25.8 Å². The molecule has 150 valence electrons. The van der Waals surface area contributed by atoms with E-state index in [2.05, 4.69) is 10.2 Å². The van der Waals surface area contributed by atoms with Gasteiger partial charge in [0.15, 0.2) is 11.0 Å². The molecule has 2 aromatic carbocycles. The van der Waals surface area contributed by atoms with Crippen molar-refractivity contribution in [3.05, 3.63) is 65.5 Å². The van der Waals surface area contributed by atoms with E-state index in [0.717, 1.165) is 52.8 Å². The summed E-state index contributed by atoms with van der Waals surface area (Å²) in [6, 6.07) is 16.1. The number of carbonyl (C=O) groups excluding carboxylic acids is 1. The van der Waals surface area contributed by atoms with Gasteiger partial charge in [-0.15, -0.1) is 10.2 Å². The molecule has 29 heavy (non-hydrogen) atoms. The Balaban J connectivity index is 1.63. The molecule has 1 saturated carbocycles. The fourth-order valence-electron chi connectivity index (χ4n) is 3.67. The second-order valence-electron chi connectivity index (χ2n) is 7.40. The van der Waals surface area contributed by atoms with Gasteiger partial charge >= 0.3 is 0 Å². The topological polar surface area (TPSA) is 57.0 Å². The number of nitrogens with zero attached hydrogens (tertiary/aromatic N) is 3. The molecule has 0 aliphatic heterocycles. The Kier molecular flexibility index (Phi) is 6.00. The van der Waals surface area contributed by atoms with Gasteiger partial charge in [-0.25, -0.2) is 0 Å². The molecule has 1 atom stereocenters. The number of rotatable bonds is 6. The third-order valence-electron chi connectivity index (χ3n) is 5.22.